The van der Waals surface area contributed by atoms with Gasteiger partial charge in [-0.25, -0.2) is 4.79 Å². The second-order valence-corrected chi connectivity index (χ2v) is 1.39. The van der Waals surface area contributed by atoms with E-state index in [-0.39, 0.29) is 5.76 Å². The molecule has 0 saturated heterocycles. The third-order valence-electron chi connectivity index (χ3n) is 0.665. The van der Waals surface area contributed by atoms with E-state index in [9.17, 15) is 4.79 Å². The molecule has 0 amide bonds. The Morgan fingerprint density at radius 3 is 2.80 bits per heavy atom. The predicted octanol–water partition coefficient (Wildman–Crippen LogP) is 0.515. The van der Waals surface area contributed by atoms with Crippen molar-refractivity contribution in [2.45, 2.75) is 6.92 Å². The highest BCUT2D eigenvalue weighted by Gasteiger charge is 1.96. The van der Waals surface area contributed by atoms with E-state index in [1.165, 1.54) is 0 Å². The van der Waals surface area contributed by atoms with Gasteiger partial charge in [-0.15, -0.1) is 0 Å². The van der Waals surface area contributed by atoms with E-state index in [0.717, 1.165) is 6.08 Å². The predicted molar refractivity (Wildman–Crippen MR) is 33.0 cm³/mol. The summed E-state index contributed by atoms with van der Waals surface area (Å²) in [5.41, 5.74) is 0. The van der Waals surface area contributed by atoms with Crippen LogP contribution in [0.3, 0.4) is 0 Å². The quantitative estimate of drug-likeness (QED) is 0.353. The van der Waals surface area contributed by atoms with Gasteiger partial charge >= 0.3 is 5.97 Å². The van der Waals surface area contributed by atoms with Gasteiger partial charge in [-0.1, -0.05) is 0 Å². The van der Waals surface area contributed by atoms with E-state index in [1.54, 1.807) is 13.0 Å². The van der Waals surface area contributed by atoms with Gasteiger partial charge in [0.05, 0.1) is 12.7 Å². The molecule has 0 fully saturated rings. The minimum atomic E-state index is -1.18. The lowest BCUT2D eigenvalue weighted by atomic mass is 10.5. The maximum absolute atomic E-state index is 9.94. The smallest absolute Gasteiger partial charge is 0.332 e. The highest BCUT2D eigenvalue weighted by atomic mass is 16.5. The molecule has 0 bridgehead atoms. The van der Waals surface area contributed by atoms with Gasteiger partial charge < -0.3 is 9.84 Å². The van der Waals surface area contributed by atoms with Crippen molar-refractivity contribution in [3.05, 3.63) is 11.8 Å². The van der Waals surface area contributed by atoms with Crippen molar-refractivity contribution in [2.75, 3.05) is 6.61 Å². The van der Waals surface area contributed by atoms with Gasteiger partial charge in [0.1, 0.15) is 6.07 Å². The van der Waals surface area contributed by atoms with Crippen LogP contribution in [0.4, 0.5) is 0 Å². The second kappa shape index (κ2) is 4.39. The molecule has 0 aliphatic rings. The standard InChI is InChI=1S/C6H7NO3/c1-2-10-5(4-7)3-6(8)9/h3H,2H2,1H3,(H,8,9). The van der Waals surface area contributed by atoms with Gasteiger partial charge in [-0.3, -0.25) is 0 Å². The van der Waals surface area contributed by atoms with E-state index < -0.39 is 5.97 Å². The molecule has 0 radical (unpaired) electrons. The van der Waals surface area contributed by atoms with Gasteiger partial charge in [0, 0.05) is 0 Å². The molecule has 10 heavy (non-hydrogen) atoms. The van der Waals surface area contributed by atoms with E-state index in [2.05, 4.69) is 4.74 Å². The van der Waals surface area contributed by atoms with Crippen molar-refractivity contribution in [1.82, 2.24) is 0 Å². The third-order valence-corrected chi connectivity index (χ3v) is 0.665. The Kier molecular flexibility index (Phi) is 3.73. The molecule has 0 aromatic carbocycles. The number of aliphatic carboxylic acids is 1. The van der Waals surface area contributed by atoms with Gasteiger partial charge in [0.15, 0.2) is 0 Å². The summed E-state index contributed by atoms with van der Waals surface area (Å²) in [4.78, 5) is 9.94. The molecule has 0 rings (SSSR count). The molecule has 0 saturated carbocycles. The average molecular weight is 141 g/mol. The van der Waals surface area contributed by atoms with Gasteiger partial charge in [0.2, 0.25) is 5.76 Å². The molecule has 4 nitrogen and oxygen atoms in total. The zero-order valence-electron chi connectivity index (χ0n) is 5.50. The van der Waals surface area contributed by atoms with Crippen LogP contribution < -0.4 is 0 Å². The van der Waals surface area contributed by atoms with Crippen LogP contribution in [-0.4, -0.2) is 17.7 Å². The first-order valence-corrected chi connectivity index (χ1v) is 2.68. The SMILES string of the molecule is CCOC(C#N)=CC(=O)O. The number of carboxylic acids is 1. The summed E-state index contributed by atoms with van der Waals surface area (Å²) in [5.74, 6) is -1.35. The maximum atomic E-state index is 9.94. The van der Waals surface area contributed by atoms with Gasteiger partial charge in [-0.2, -0.15) is 5.26 Å². The summed E-state index contributed by atoms with van der Waals surface area (Å²) >= 11 is 0. The van der Waals surface area contributed by atoms with Crippen LogP contribution in [0.5, 0.6) is 0 Å². The van der Waals surface area contributed by atoms with Crippen molar-refractivity contribution in [1.29, 1.82) is 5.26 Å². The van der Waals surface area contributed by atoms with Crippen LogP contribution in [0.2, 0.25) is 0 Å². The molecular weight excluding hydrogens is 134 g/mol. The third kappa shape index (κ3) is 3.50. The van der Waals surface area contributed by atoms with Gasteiger partial charge in [-0.05, 0) is 6.92 Å². The van der Waals surface area contributed by atoms with E-state index >= 15 is 0 Å². The van der Waals surface area contributed by atoms with Crippen LogP contribution in [0.15, 0.2) is 11.8 Å². The van der Waals surface area contributed by atoms with Crippen LogP contribution >= 0.6 is 0 Å². The molecule has 0 aliphatic carbocycles. The molecule has 4 heteroatoms. The monoisotopic (exact) mass is 141 g/mol. The Hall–Kier alpha value is -1.50. The fraction of sp³-hybridized carbons (Fsp3) is 0.333. The fourth-order valence-electron chi connectivity index (χ4n) is 0.374. The van der Waals surface area contributed by atoms with Crippen molar-refractivity contribution < 1.29 is 14.6 Å². The Morgan fingerprint density at radius 2 is 2.50 bits per heavy atom. The Balaban J connectivity index is 4.08. The summed E-state index contributed by atoms with van der Waals surface area (Å²) in [6.45, 7) is 1.97. The van der Waals surface area contributed by atoms with E-state index in [0.29, 0.717) is 6.61 Å². The average Bonchev–Trinajstić information content (AvgIpc) is 1.86. The van der Waals surface area contributed by atoms with Crippen LogP contribution in [0, 0.1) is 11.3 Å². The van der Waals surface area contributed by atoms with E-state index in [4.69, 9.17) is 10.4 Å². The fourth-order valence-corrected chi connectivity index (χ4v) is 0.374. The number of carbonyl (C=O) groups is 1. The lowest BCUT2D eigenvalue weighted by molar-refractivity contribution is -0.131. The number of rotatable bonds is 3. The number of hydrogen-bond acceptors (Lipinski definition) is 3. The van der Waals surface area contributed by atoms with E-state index in [1.807, 2.05) is 0 Å². The first-order chi connectivity index (χ1) is 4.70. The molecule has 0 aromatic heterocycles. The summed E-state index contributed by atoms with van der Waals surface area (Å²) in [7, 11) is 0. The topological polar surface area (TPSA) is 70.3 Å². The highest BCUT2D eigenvalue weighted by molar-refractivity contribution is 5.81. The lowest BCUT2D eigenvalue weighted by Gasteiger charge is -1.95. The minimum Gasteiger partial charge on any atom is -0.484 e. The molecule has 1 N–H and O–H groups in total. The van der Waals surface area contributed by atoms with Crippen molar-refractivity contribution >= 4 is 5.97 Å². The van der Waals surface area contributed by atoms with Crippen molar-refractivity contribution in [3.8, 4) is 6.07 Å². The largest absolute Gasteiger partial charge is 0.484 e. The summed E-state index contributed by atoms with van der Waals surface area (Å²) in [6.07, 6.45) is 0.726. The molecule has 0 heterocycles. The maximum Gasteiger partial charge on any atom is 0.332 e. The van der Waals surface area contributed by atoms with Crippen molar-refractivity contribution in [3.63, 3.8) is 0 Å². The first kappa shape index (κ1) is 8.50. The Morgan fingerprint density at radius 1 is 1.90 bits per heavy atom. The normalized spacial score (nSPS) is 10.2. The Bertz CT molecular complexity index is 190. The molecule has 0 unspecified atom stereocenters. The molecule has 0 spiro atoms. The number of carboxylic acid groups (broad SMARTS) is 1. The number of ether oxygens (including phenoxy) is 1. The zero-order valence-corrected chi connectivity index (χ0v) is 5.50. The summed E-state index contributed by atoms with van der Waals surface area (Å²) in [5, 5.41) is 16.3. The van der Waals surface area contributed by atoms with Crippen LogP contribution in [0.25, 0.3) is 0 Å². The minimum absolute atomic E-state index is 0.171. The zero-order chi connectivity index (χ0) is 7.98. The van der Waals surface area contributed by atoms with Gasteiger partial charge in [0.25, 0.3) is 0 Å². The number of allylic oxidation sites excluding steroid dienone is 1. The number of nitrogens with zero attached hydrogens (tertiary/aromatic N) is 1. The van der Waals surface area contributed by atoms with Crippen LogP contribution in [-0.2, 0) is 9.53 Å². The molecule has 54 valence electrons. The molecule has 0 atom stereocenters. The number of hydrogen-bond donors (Lipinski definition) is 1. The lowest BCUT2D eigenvalue weighted by Crippen LogP contribution is -1.94. The highest BCUT2D eigenvalue weighted by Crippen LogP contribution is 1.93. The summed E-state index contributed by atoms with van der Waals surface area (Å²) < 4.78 is 4.62. The second-order valence-electron chi connectivity index (χ2n) is 1.39. The Labute approximate surface area is 58.3 Å². The first-order valence-electron chi connectivity index (χ1n) is 2.68. The number of nitriles is 1. The molecular formula is C6H7NO3. The summed E-state index contributed by atoms with van der Waals surface area (Å²) in [6, 6.07) is 1.59. The van der Waals surface area contributed by atoms with Crippen LogP contribution in [0.1, 0.15) is 6.92 Å². The van der Waals surface area contributed by atoms with Crippen molar-refractivity contribution in [2.24, 2.45) is 0 Å². The molecule has 0 aliphatic heterocycles. The molecule has 0 aromatic rings.